The lowest BCUT2D eigenvalue weighted by Gasteiger charge is -2.12. The van der Waals surface area contributed by atoms with E-state index in [0.717, 1.165) is 32.5 Å². The first-order valence-electron chi connectivity index (χ1n) is 8.43. The van der Waals surface area contributed by atoms with Crippen LogP contribution in [0.2, 0.25) is 0 Å². The zero-order chi connectivity index (χ0) is 19.5. The second-order valence-electron chi connectivity index (χ2n) is 5.95. The number of fused-ring (bicyclic) bond motifs is 1. The van der Waals surface area contributed by atoms with Gasteiger partial charge in [0.05, 0.1) is 15.9 Å². The molecule has 4 rings (SSSR count). The summed E-state index contributed by atoms with van der Waals surface area (Å²) in [4.78, 5) is 16.9. The molecule has 0 unspecified atom stereocenters. The number of thiocarbonyl (C=S) groups is 1. The van der Waals surface area contributed by atoms with Crippen LogP contribution < -0.4 is 10.6 Å². The number of halogens is 1. The molecule has 0 spiro atoms. The van der Waals surface area contributed by atoms with E-state index in [9.17, 15) is 9.18 Å². The Morgan fingerprint density at radius 2 is 1.79 bits per heavy atom. The van der Waals surface area contributed by atoms with Gasteiger partial charge in [0.1, 0.15) is 10.8 Å². The number of hydrogen-bond donors (Lipinski definition) is 2. The van der Waals surface area contributed by atoms with Crippen LogP contribution in [-0.4, -0.2) is 16.0 Å². The lowest BCUT2D eigenvalue weighted by Crippen LogP contribution is -2.34. The second-order valence-corrected chi connectivity index (χ2v) is 7.39. The standard InChI is InChI=1S/C21H14FN3OS2/c22-14-7-5-6-13(12-14)19(26)25-21(27)24-16-9-2-1-8-15(16)20-23-17-10-3-4-11-18(17)28-20/h1-12H,(H2,24,25,26,27). The first-order chi connectivity index (χ1) is 13.6. The average Bonchev–Trinajstić information content (AvgIpc) is 3.12. The minimum absolute atomic E-state index is 0.128. The summed E-state index contributed by atoms with van der Waals surface area (Å²) >= 11 is 6.85. The van der Waals surface area contributed by atoms with Gasteiger partial charge in [-0.15, -0.1) is 11.3 Å². The Morgan fingerprint density at radius 1 is 1.00 bits per heavy atom. The van der Waals surface area contributed by atoms with Crippen LogP contribution in [0.25, 0.3) is 20.8 Å². The molecule has 7 heteroatoms. The highest BCUT2D eigenvalue weighted by atomic mass is 32.1. The third-order valence-corrected chi connectivity index (χ3v) is 5.29. The van der Waals surface area contributed by atoms with Crippen molar-refractivity contribution in [2.45, 2.75) is 0 Å². The fraction of sp³-hybridized carbons (Fsp3) is 0. The van der Waals surface area contributed by atoms with Gasteiger partial charge in [0.25, 0.3) is 5.91 Å². The minimum atomic E-state index is -0.479. The molecule has 0 saturated carbocycles. The van der Waals surface area contributed by atoms with Crippen LogP contribution in [0.3, 0.4) is 0 Å². The van der Waals surface area contributed by atoms with Gasteiger partial charge in [-0.2, -0.15) is 0 Å². The van der Waals surface area contributed by atoms with E-state index in [4.69, 9.17) is 12.2 Å². The predicted molar refractivity (Wildman–Crippen MR) is 115 cm³/mol. The Morgan fingerprint density at radius 3 is 2.61 bits per heavy atom. The van der Waals surface area contributed by atoms with Crippen LogP contribution >= 0.6 is 23.6 Å². The number of amides is 1. The van der Waals surface area contributed by atoms with Crippen molar-refractivity contribution in [1.29, 1.82) is 0 Å². The van der Waals surface area contributed by atoms with Crippen LogP contribution in [0.1, 0.15) is 10.4 Å². The summed E-state index contributed by atoms with van der Waals surface area (Å²) in [5.41, 5.74) is 2.74. The van der Waals surface area contributed by atoms with E-state index in [0.29, 0.717) is 0 Å². The zero-order valence-corrected chi connectivity index (χ0v) is 16.1. The molecule has 0 atom stereocenters. The molecule has 0 radical (unpaired) electrons. The van der Waals surface area contributed by atoms with Crippen molar-refractivity contribution >= 4 is 50.5 Å². The molecule has 28 heavy (non-hydrogen) atoms. The highest BCUT2D eigenvalue weighted by Crippen LogP contribution is 2.34. The summed E-state index contributed by atoms with van der Waals surface area (Å²) < 4.78 is 14.4. The van der Waals surface area contributed by atoms with Crippen molar-refractivity contribution in [2.24, 2.45) is 0 Å². The van der Waals surface area contributed by atoms with Crippen LogP contribution in [0.5, 0.6) is 0 Å². The number of hydrogen-bond acceptors (Lipinski definition) is 4. The van der Waals surface area contributed by atoms with E-state index in [1.165, 1.54) is 18.2 Å². The van der Waals surface area contributed by atoms with Crippen molar-refractivity contribution in [2.75, 3.05) is 5.32 Å². The van der Waals surface area contributed by atoms with E-state index in [1.54, 1.807) is 11.3 Å². The van der Waals surface area contributed by atoms with Crippen LogP contribution in [-0.2, 0) is 0 Å². The maximum Gasteiger partial charge on any atom is 0.257 e. The molecule has 138 valence electrons. The molecule has 4 nitrogen and oxygen atoms in total. The smallest absolute Gasteiger partial charge is 0.257 e. The number of para-hydroxylation sites is 2. The van der Waals surface area contributed by atoms with E-state index in [1.807, 2.05) is 48.5 Å². The topological polar surface area (TPSA) is 54.0 Å². The van der Waals surface area contributed by atoms with Crippen molar-refractivity contribution in [3.8, 4) is 10.6 Å². The molecule has 4 aromatic rings. The lowest BCUT2D eigenvalue weighted by atomic mass is 10.2. The molecule has 1 aromatic heterocycles. The minimum Gasteiger partial charge on any atom is -0.332 e. The maximum absolute atomic E-state index is 13.3. The lowest BCUT2D eigenvalue weighted by molar-refractivity contribution is 0.0977. The highest BCUT2D eigenvalue weighted by Gasteiger charge is 2.13. The van der Waals surface area contributed by atoms with Gasteiger partial charge in [0.15, 0.2) is 5.11 Å². The Hall–Kier alpha value is -3.16. The van der Waals surface area contributed by atoms with Gasteiger partial charge >= 0.3 is 0 Å². The first kappa shape index (κ1) is 18.2. The summed E-state index contributed by atoms with van der Waals surface area (Å²) in [7, 11) is 0. The average molecular weight is 407 g/mol. The molecule has 3 aromatic carbocycles. The summed E-state index contributed by atoms with van der Waals surface area (Å²) in [6.07, 6.45) is 0. The number of anilines is 1. The molecule has 0 aliphatic carbocycles. The predicted octanol–water partition coefficient (Wildman–Crippen LogP) is 5.23. The monoisotopic (exact) mass is 407 g/mol. The van der Waals surface area contributed by atoms with E-state index >= 15 is 0 Å². The Balaban J connectivity index is 1.55. The fourth-order valence-corrected chi connectivity index (χ4v) is 3.93. The van der Waals surface area contributed by atoms with Crippen molar-refractivity contribution in [1.82, 2.24) is 10.3 Å². The number of nitrogens with zero attached hydrogens (tertiary/aromatic N) is 1. The Bertz CT molecular complexity index is 1160. The highest BCUT2D eigenvalue weighted by molar-refractivity contribution is 7.80. The molecule has 1 amide bonds. The van der Waals surface area contributed by atoms with Crippen molar-refractivity contribution < 1.29 is 9.18 Å². The number of aromatic nitrogens is 1. The molecule has 0 aliphatic heterocycles. The SMILES string of the molecule is O=C(NC(=S)Nc1ccccc1-c1nc2ccccc2s1)c1cccc(F)c1. The Kier molecular flexibility index (Phi) is 5.10. The van der Waals surface area contributed by atoms with Gasteiger partial charge in [0.2, 0.25) is 0 Å². The maximum atomic E-state index is 13.3. The van der Waals surface area contributed by atoms with Gasteiger partial charge in [-0.3, -0.25) is 10.1 Å². The van der Waals surface area contributed by atoms with Gasteiger partial charge in [0, 0.05) is 11.1 Å². The van der Waals surface area contributed by atoms with Crippen LogP contribution in [0, 0.1) is 5.82 Å². The molecular formula is C21H14FN3OS2. The zero-order valence-electron chi connectivity index (χ0n) is 14.5. The van der Waals surface area contributed by atoms with Crippen LogP contribution in [0.4, 0.5) is 10.1 Å². The number of carbonyl (C=O) groups is 1. The second kappa shape index (κ2) is 7.84. The molecule has 0 bridgehead atoms. The van der Waals surface area contributed by atoms with Crippen molar-refractivity contribution in [3.63, 3.8) is 0 Å². The van der Waals surface area contributed by atoms with E-state index in [-0.39, 0.29) is 10.7 Å². The number of benzene rings is 3. The molecule has 0 saturated heterocycles. The quantitative estimate of drug-likeness (QED) is 0.457. The third kappa shape index (κ3) is 3.90. The molecule has 0 fully saturated rings. The largest absolute Gasteiger partial charge is 0.332 e. The number of thiazole rings is 1. The van der Waals surface area contributed by atoms with Gasteiger partial charge in [-0.05, 0) is 54.7 Å². The summed E-state index contributed by atoms with van der Waals surface area (Å²) in [6.45, 7) is 0. The summed E-state index contributed by atoms with van der Waals surface area (Å²) in [6, 6.07) is 21.0. The van der Waals surface area contributed by atoms with Gasteiger partial charge < -0.3 is 5.32 Å². The molecule has 0 aliphatic rings. The fourth-order valence-electron chi connectivity index (χ4n) is 2.72. The van der Waals surface area contributed by atoms with Crippen LogP contribution in [0.15, 0.2) is 72.8 Å². The van der Waals surface area contributed by atoms with E-state index < -0.39 is 11.7 Å². The van der Waals surface area contributed by atoms with Gasteiger partial charge in [-0.1, -0.05) is 30.3 Å². The number of nitrogens with one attached hydrogen (secondary N) is 2. The van der Waals surface area contributed by atoms with E-state index in [2.05, 4.69) is 15.6 Å². The molecule has 1 heterocycles. The normalized spacial score (nSPS) is 10.6. The van der Waals surface area contributed by atoms with Crippen molar-refractivity contribution in [3.05, 3.63) is 84.2 Å². The number of rotatable bonds is 3. The van der Waals surface area contributed by atoms with Gasteiger partial charge in [-0.25, -0.2) is 9.37 Å². The number of carbonyl (C=O) groups excluding carboxylic acids is 1. The first-order valence-corrected chi connectivity index (χ1v) is 9.65. The third-order valence-electron chi connectivity index (χ3n) is 4.01. The molecular weight excluding hydrogens is 393 g/mol. The molecule has 2 N–H and O–H groups in total. The summed E-state index contributed by atoms with van der Waals surface area (Å²) in [5.74, 6) is -0.956. The summed E-state index contributed by atoms with van der Waals surface area (Å²) in [5, 5.41) is 6.59. The Labute approximate surface area is 170 Å².